The standard InChI is InChI=1S/C19H19FN2O2.ClH/c20-11-14(12-21)13-24-17-6-7-18-15(10-17)8-9-22(19(18)23)16-4-2-1-3-5-16;/h1-7,10-11H,8-9,12-13,21H2;1H/b14-11+;. The average molecular weight is 363 g/mol. The number of hydrogen-bond acceptors (Lipinski definition) is 3. The number of benzene rings is 2. The van der Waals surface area contributed by atoms with E-state index in [0.29, 0.717) is 29.8 Å². The van der Waals surface area contributed by atoms with E-state index >= 15 is 0 Å². The molecular formula is C19H20ClFN2O2. The van der Waals surface area contributed by atoms with E-state index in [0.717, 1.165) is 17.7 Å². The maximum Gasteiger partial charge on any atom is 0.258 e. The number of nitrogens with zero attached hydrogens (tertiary/aromatic N) is 1. The van der Waals surface area contributed by atoms with E-state index in [1.807, 2.05) is 36.4 Å². The molecule has 1 aliphatic rings. The molecule has 132 valence electrons. The molecule has 2 aromatic rings. The van der Waals surface area contributed by atoms with Crippen LogP contribution < -0.4 is 15.4 Å². The lowest BCUT2D eigenvalue weighted by molar-refractivity contribution is 0.0980. The van der Waals surface area contributed by atoms with Crippen molar-refractivity contribution < 1.29 is 13.9 Å². The number of hydrogen-bond donors (Lipinski definition) is 1. The molecule has 25 heavy (non-hydrogen) atoms. The Labute approximate surface area is 152 Å². The average Bonchev–Trinajstić information content (AvgIpc) is 2.63. The van der Waals surface area contributed by atoms with Crippen molar-refractivity contribution in [3.63, 3.8) is 0 Å². The molecule has 6 heteroatoms. The molecule has 3 rings (SSSR count). The largest absolute Gasteiger partial charge is 0.489 e. The second kappa shape index (κ2) is 8.65. The van der Waals surface area contributed by atoms with Gasteiger partial charge in [-0.1, -0.05) is 18.2 Å². The van der Waals surface area contributed by atoms with Crippen molar-refractivity contribution in [3.05, 3.63) is 71.6 Å². The molecule has 0 bridgehead atoms. The van der Waals surface area contributed by atoms with Crippen LogP contribution in [-0.4, -0.2) is 25.6 Å². The van der Waals surface area contributed by atoms with E-state index in [9.17, 15) is 9.18 Å². The van der Waals surface area contributed by atoms with E-state index in [1.54, 1.807) is 17.0 Å². The molecule has 4 nitrogen and oxygen atoms in total. The second-order valence-electron chi connectivity index (χ2n) is 5.62. The molecule has 0 saturated heterocycles. The quantitative estimate of drug-likeness (QED) is 0.885. The van der Waals surface area contributed by atoms with Gasteiger partial charge in [0.2, 0.25) is 0 Å². The highest BCUT2D eigenvalue weighted by atomic mass is 35.5. The van der Waals surface area contributed by atoms with Crippen LogP contribution in [0.25, 0.3) is 0 Å². The Kier molecular flexibility index (Phi) is 6.56. The lowest BCUT2D eigenvalue weighted by atomic mass is 9.98. The number of nitrogens with two attached hydrogens (primary N) is 1. The smallest absolute Gasteiger partial charge is 0.258 e. The van der Waals surface area contributed by atoms with Crippen LogP contribution in [0.2, 0.25) is 0 Å². The molecule has 0 spiro atoms. The molecule has 0 aromatic heterocycles. The SMILES string of the molecule is Cl.NC/C(=C\F)COc1ccc2c(c1)CCN(c1ccccc1)C2=O. The van der Waals surface area contributed by atoms with Crippen LogP contribution in [0, 0.1) is 0 Å². The third-order valence-electron chi connectivity index (χ3n) is 4.07. The number of ether oxygens (including phenoxy) is 1. The van der Waals surface area contributed by atoms with Crippen molar-refractivity contribution in [2.45, 2.75) is 6.42 Å². The van der Waals surface area contributed by atoms with Crippen molar-refractivity contribution >= 4 is 24.0 Å². The van der Waals surface area contributed by atoms with Crippen LogP contribution >= 0.6 is 12.4 Å². The third-order valence-corrected chi connectivity index (χ3v) is 4.07. The van der Waals surface area contributed by atoms with Gasteiger partial charge in [-0.25, -0.2) is 4.39 Å². The third kappa shape index (κ3) is 4.18. The van der Waals surface area contributed by atoms with E-state index in [1.165, 1.54) is 0 Å². The number of anilines is 1. The lowest BCUT2D eigenvalue weighted by Crippen LogP contribution is -2.37. The first-order valence-corrected chi connectivity index (χ1v) is 7.83. The lowest BCUT2D eigenvalue weighted by Gasteiger charge is -2.29. The van der Waals surface area contributed by atoms with E-state index in [-0.39, 0.29) is 31.5 Å². The zero-order valence-corrected chi connectivity index (χ0v) is 14.5. The normalized spacial score (nSPS) is 13.9. The molecule has 2 N–H and O–H groups in total. The summed E-state index contributed by atoms with van der Waals surface area (Å²) in [4.78, 5) is 14.5. The number of rotatable bonds is 5. The second-order valence-corrected chi connectivity index (χ2v) is 5.62. The number of carbonyl (C=O) groups excluding carboxylic acids is 1. The van der Waals surface area contributed by atoms with Gasteiger partial charge in [-0.2, -0.15) is 0 Å². The molecule has 1 amide bonds. The Morgan fingerprint density at radius 1 is 1.24 bits per heavy atom. The van der Waals surface area contributed by atoms with Crippen LogP contribution in [0.4, 0.5) is 10.1 Å². The fraction of sp³-hybridized carbons (Fsp3) is 0.211. The van der Waals surface area contributed by atoms with Crippen molar-refractivity contribution in [3.8, 4) is 5.75 Å². The highest BCUT2D eigenvalue weighted by Crippen LogP contribution is 2.27. The summed E-state index contributed by atoms with van der Waals surface area (Å²) in [7, 11) is 0. The van der Waals surface area contributed by atoms with Gasteiger partial charge in [0.05, 0.1) is 6.33 Å². The van der Waals surface area contributed by atoms with Gasteiger partial charge < -0.3 is 15.4 Å². The maximum atomic E-state index is 12.7. The maximum absolute atomic E-state index is 12.7. The molecule has 0 unspecified atom stereocenters. The van der Waals surface area contributed by atoms with Gasteiger partial charge in [0.15, 0.2) is 0 Å². The topological polar surface area (TPSA) is 55.6 Å². The fourth-order valence-corrected chi connectivity index (χ4v) is 2.72. The number of carbonyl (C=O) groups is 1. The molecule has 1 heterocycles. The molecule has 0 fully saturated rings. The number of halogens is 2. The summed E-state index contributed by atoms with van der Waals surface area (Å²) >= 11 is 0. The molecule has 0 radical (unpaired) electrons. The zero-order chi connectivity index (χ0) is 16.9. The molecule has 1 aliphatic heterocycles. The van der Waals surface area contributed by atoms with Gasteiger partial charge in [-0.3, -0.25) is 4.79 Å². The van der Waals surface area contributed by atoms with Crippen LogP contribution in [0.5, 0.6) is 5.75 Å². The molecule has 0 saturated carbocycles. The number of para-hydroxylation sites is 1. The van der Waals surface area contributed by atoms with Crippen LogP contribution in [-0.2, 0) is 6.42 Å². The monoisotopic (exact) mass is 362 g/mol. The predicted molar refractivity (Wildman–Crippen MR) is 99.3 cm³/mol. The first-order valence-electron chi connectivity index (χ1n) is 7.83. The zero-order valence-electron chi connectivity index (χ0n) is 13.7. The van der Waals surface area contributed by atoms with E-state index < -0.39 is 0 Å². The molecule has 2 aromatic carbocycles. The van der Waals surface area contributed by atoms with Gasteiger partial charge in [0, 0.05) is 29.9 Å². The Balaban J connectivity index is 0.00000225. The Bertz CT molecular complexity index is 765. The van der Waals surface area contributed by atoms with Gasteiger partial charge in [-0.05, 0) is 42.3 Å². The Morgan fingerprint density at radius 3 is 2.68 bits per heavy atom. The summed E-state index contributed by atoms with van der Waals surface area (Å²) in [5, 5.41) is 0. The summed E-state index contributed by atoms with van der Waals surface area (Å²) < 4.78 is 18.1. The van der Waals surface area contributed by atoms with Gasteiger partial charge in [0.1, 0.15) is 12.4 Å². The minimum atomic E-state index is -0.0136. The first kappa shape index (κ1) is 19.0. The fourth-order valence-electron chi connectivity index (χ4n) is 2.72. The van der Waals surface area contributed by atoms with Crippen molar-refractivity contribution in [1.29, 1.82) is 0 Å². The highest BCUT2D eigenvalue weighted by molar-refractivity contribution is 6.08. The summed E-state index contributed by atoms with van der Waals surface area (Å²) in [5.74, 6) is 0.600. The van der Waals surface area contributed by atoms with Crippen LogP contribution in [0.1, 0.15) is 15.9 Å². The Hall–Kier alpha value is -2.37. The number of amides is 1. The minimum Gasteiger partial charge on any atom is -0.489 e. The minimum absolute atomic E-state index is 0. The van der Waals surface area contributed by atoms with E-state index in [2.05, 4.69) is 0 Å². The summed E-state index contributed by atoms with van der Waals surface area (Å²) in [5.41, 5.74) is 8.32. The Morgan fingerprint density at radius 2 is 2.00 bits per heavy atom. The van der Waals surface area contributed by atoms with Crippen LogP contribution in [0.15, 0.2) is 60.4 Å². The first-order chi connectivity index (χ1) is 11.7. The predicted octanol–water partition coefficient (Wildman–Crippen LogP) is 3.50. The summed E-state index contributed by atoms with van der Waals surface area (Å²) in [6.45, 7) is 0.847. The molecule has 0 atom stereocenters. The van der Waals surface area contributed by atoms with E-state index in [4.69, 9.17) is 10.5 Å². The molecular weight excluding hydrogens is 343 g/mol. The van der Waals surface area contributed by atoms with Crippen molar-refractivity contribution in [2.75, 3.05) is 24.6 Å². The van der Waals surface area contributed by atoms with Gasteiger partial charge >= 0.3 is 0 Å². The highest BCUT2D eigenvalue weighted by Gasteiger charge is 2.25. The number of fused-ring (bicyclic) bond motifs is 1. The van der Waals surface area contributed by atoms with Gasteiger partial charge in [-0.15, -0.1) is 12.4 Å². The summed E-state index contributed by atoms with van der Waals surface area (Å²) in [6.07, 6.45) is 1.22. The molecule has 0 aliphatic carbocycles. The van der Waals surface area contributed by atoms with Crippen LogP contribution in [0.3, 0.4) is 0 Å². The van der Waals surface area contributed by atoms with Crippen molar-refractivity contribution in [1.82, 2.24) is 0 Å². The van der Waals surface area contributed by atoms with Crippen molar-refractivity contribution in [2.24, 2.45) is 5.73 Å². The van der Waals surface area contributed by atoms with Gasteiger partial charge in [0.25, 0.3) is 5.91 Å². The summed E-state index contributed by atoms with van der Waals surface area (Å²) in [6, 6.07) is 15.0.